The molecular weight excluding hydrogens is 331 g/mol. The van der Waals surface area contributed by atoms with E-state index in [1.165, 1.54) is 43.5 Å². The fourth-order valence-electron chi connectivity index (χ4n) is 2.17. The quantitative estimate of drug-likeness (QED) is 0.491. The van der Waals surface area contributed by atoms with E-state index >= 15 is 0 Å². The highest BCUT2D eigenvalue weighted by Crippen LogP contribution is 2.14. The predicted octanol–water partition coefficient (Wildman–Crippen LogP) is 2.25. The van der Waals surface area contributed by atoms with Gasteiger partial charge in [0.1, 0.15) is 11.9 Å². The smallest absolute Gasteiger partial charge is 0.328 e. The number of nitrogens with one attached hydrogen (secondary N) is 1. The standard InChI is InChI=1S/C17H15FN2O5/c1-25-17(22)15(10-11-2-8-14(9-3-11)20(23)24)19-16(21)12-4-6-13(18)7-5-12/h2-9,15H,10H2,1H3,(H,19,21)/t15-/m0/s1. The number of carbonyl (C=O) groups is 2. The SMILES string of the molecule is COC(=O)[C@H](Cc1ccc([N+](=O)[O-])cc1)NC(=O)c1ccc(F)cc1. The number of hydrogen-bond acceptors (Lipinski definition) is 5. The Bertz CT molecular complexity index is 775. The summed E-state index contributed by atoms with van der Waals surface area (Å²) in [5.74, 6) is -1.70. The van der Waals surface area contributed by atoms with E-state index < -0.39 is 28.7 Å². The van der Waals surface area contributed by atoms with Gasteiger partial charge in [-0.1, -0.05) is 12.1 Å². The number of ether oxygens (including phenoxy) is 1. The van der Waals surface area contributed by atoms with E-state index in [0.717, 1.165) is 12.1 Å². The van der Waals surface area contributed by atoms with Crippen LogP contribution in [0.5, 0.6) is 0 Å². The molecule has 0 saturated carbocycles. The van der Waals surface area contributed by atoms with Crippen LogP contribution in [0.1, 0.15) is 15.9 Å². The minimum Gasteiger partial charge on any atom is -0.467 e. The van der Waals surface area contributed by atoms with E-state index in [1.54, 1.807) is 0 Å². The Kier molecular flexibility index (Phi) is 5.78. The molecule has 130 valence electrons. The molecular formula is C17H15FN2O5. The maximum Gasteiger partial charge on any atom is 0.328 e. The number of carbonyl (C=O) groups excluding carboxylic acids is 2. The molecule has 2 aromatic carbocycles. The van der Waals surface area contributed by atoms with Crippen LogP contribution >= 0.6 is 0 Å². The van der Waals surface area contributed by atoms with Crippen LogP contribution in [0.2, 0.25) is 0 Å². The molecule has 0 spiro atoms. The lowest BCUT2D eigenvalue weighted by molar-refractivity contribution is -0.384. The lowest BCUT2D eigenvalue weighted by Gasteiger charge is -2.16. The highest BCUT2D eigenvalue weighted by Gasteiger charge is 2.23. The Hall–Kier alpha value is -3.29. The first-order valence-electron chi connectivity index (χ1n) is 7.28. The third kappa shape index (κ3) is 4.84. The second-order valence-corrected chi connectivity index (χ2v) is 5.18. The average Bonchev–Trinajstić information content (AvgIpc) is 2.61. The van der Waals surface area contributed by atoms with E-state index in [2.05, 4.69) is 10.1 Å². The molecule has 1 amide bonds. The molecule has 7 nitrogen and oxygen atoms in total. The number of hydrogen-bond donors (Lipinski definition) is 1. The number of benzene rings is 2. The molecule has 0 fully saturated rings. The molecule has 0 aliphatic heterocycles. The van der Waals surface area contributed by atoms with Gasteiger partial charge >= 0.3 is 5.97 Å². The number of halogens is 1. The van der Waals surface area contributed by atoms with E-state index in [9.17, 15) is 24.1 Å². The molecule has 0 aromatic heterocycles. The third-order valence-electron chi connectivity index (χ3n) is 3.48. The number of non-ortho nitro benzene ring substituents is 1. The summed E-state index contributed by atoms with van der Waals surface area (Å²) in [4.78, 5) is 34.2. The van der Waals surface area contributed by atoms with Gasteiger partial charge in [-0.2, -0.15) is 0 Å². The van der Waals surface area contributed by atoms with Crippen molar-refractivity contribution in [3.8, 4) is 0 Å². The van der Waals surface area contributed by atoms with Crippen molar-refractivity contribution in [3.63, 3.8) is 0 Å². The monoisotopic (exact) mass is 346 g/mol. The zero-order valence-corrected chi connectivity index (χ0v) is 13.3. The van der Waals surface area contributed by atoms with Crippen molar-refractivity contribution < 1.29 is 23.6 Å². The van der Waals surface area contributed by atoms with Crippen molar-refractivity contribution >= 4 is 17.6 Å². The van der Waals surface area contributed by atoms with Crippen molar-refractivity contribution in [2.24, 2.45) is 0 Å². The topological polar surface area (TPSA) is 98.5 Å². The van der Waals surface area contributed by atoms with Crippen LogP contribution in [0.25, 0.3) is 0 Å². The Morgan fingerprint density at radius 2 is 1.76 bits per heavy atom. The molecule has 0 saturated heterocycles. The normalized spacial score (nSPS) is 11.4. The van der Waals surface area contributed by atoms with Crippen LogP contribution in [-0.2, 0) is 16.0 Å². The first-order chi connectivity index (χ1) is 11.9. The van der Waals surface area contributed by atoms with Crippen molar-refractivity contribution in [3.05, 3.63) is 75.6 Å². The summed E-state index contributed by atoms with van der Waals surface area (Å²) in [6.07, 6.45) is 0.0948. The van der Waals surface area contributed by atoms with Crippen LogP contribution in [0.3, 0.4) is 0 Å². The number of nitrogens with zero attached hydrogens (tertiary/aromatic N) is 1. The maximum atomic E-state index is 12.9. The molecule has 0 bridgehead atoms. The fourth-order valence-corrected chi connectivity index (χ4v) is 2.17. The summed E-state index contributed by atoms with van der Waals surface area (Å²) in [5, 5.41) is 13.2. The van der Waals surface area contributed by atoms with Gasteiger partial charge in [0, 0.05) is 24.1 Å². The summed E-state index contributed by atoms with van der Waals surface area (Å²) in [6, 6.07) is 9.50. The summed E-state index contributed by atoms with van der Waals surface area (Å²) in [7, 11) is 1.19. The third-order valence-corrected chi connectivity index (χ3v) is 3.48. The van der Waals surface area contributed by atoms with Crippen molar-refractivity contribution in [1.82, 2.24) is 5.32 Å². The van der Waals surface area contributed by atoms with Gasteiger partial charge in [-0.3, -0.25) is 14.9 Å². The zero-order valence-electron chi connectivity index (χ0n) is 13.3. The van der Waals surface area contributed by atoms with Crippen molar-refractivity contribution in [1.29, 1.82) is 0 Å². The molecule has 0 aliphatic rings. The van der Waals surface area contributed by atoms with Crippen LogP contribution < -0.4 is 5.32 Å². The van der Waals surface area contributed by atoms with Crippen LogP contribution in [0, 0.1) is 15.9 Å². The van der Waals surface area contributed by atoms with Gasteiger partial charge in [-0.05, 0) is 29.8 Å². The second-order valence-electron chi connectivity index (χ2n) is 5.18. The van der Waals surface area contributed by atoms with Gasteiger partial charge in [-0.25, -0.2) is 9.18 Å². The highest BCUT2D eigenvalue weighted by atomic mass is 19.1. The summed E-state index contributed by atoms with van der Waals surface area (Å²) in [5.41, 5.74) is 0.730. The molecule has 0 aliphatic carbocycles. The van der Waals surface area contributed by atoms with Crippen LogP contribution in [0.15, 0.2) is 48.5 Å². The molecule has 0 radical (unpaired) electrons. The van der Waals surface area contributed by atoms with Gasteiger partial charge in [-0.15, -0.1) is 0 Å². The maximum absolute atomic E-state index is 12.9. The largest absolute Gasteiger partial charge is 0.467 e. The van der Waals surface area contributed by atoms with Gasteiger partial charge in [0.2, 0.25) is 0 Å². The molecule has 2 rings (SSSR count). The predicted molar refractivity (Wildman–Crippen MR) is 86.5 cm³/mol. The molecule has 2 aromatic rings. The average molecular weight is 346 g/mol. The Labute approximate surface area is 142 Å². The molecule has 1 N–H and O–H groups in total. The minimum absolute atomic E-state index is 0.0753. The number of esters is 1. The Morgan fingerprint density at radius 3 is 2.28 bits per heavy atom. The van der Waals surface area contributed by atoms with Gasteiger partial charge in [0.05, 0.1) is 12.0 Å². The van der Waals surface area contributed by atoms with Crippen LogP contribution in [-0.4, -0.2) is 30.0 Å². The van der Waals surface area contributed by atoms with E-state index in [4.69, 9.17) is 0 Å². The molecule has 8 heteroatoms. The number of nitro benzene ring substituents is 1. The van der Waals surface area contributed by atoms with Crippen LogP contribution in [0.4, 0.5) is 10.1 Å². The summed E-state index contributed by atoms with van der Waals surface area (Å²) in [6.45, 7) is 0. The fraction of sp³-hybridized carbons (Fsp3) is 0.176. The van der Waals surface area contributed by atoms with E-state index in [-0.39, 0.29) is 17.7 Å². The lowest BCUT2D eigenvalue weighted by atomic mass is 10.0. The van der Waals surface area contributed by atoms with Gasteiger partial charge in [0.15, 0.2) is 0 Å². The van der Waals surface area contributed by atoms with Crippen molar-refractivity contribution in [2.75, 3.05) is 7.11 Å². The van der Waals surface area contributed by atoms with E-state index in [0.29, 0.717) is 5.56 Å². The Balaban J connectivity index is 2.13. The van der Waals surface area contributed by atoms with Gasteiger partial charge in [0.25, 0.3) is 11.6 Å². The number of nitro groups is 1. The summed E-state index contributed by atoms with van der Waals surface area (Å²) < 4.78 is 17.6. The summed E-state index contributed by atoms with van der Waals surface area (Å²) >= 11 is 0. The van der Waals surface area contributed by atoms with E-state index in [1.807, 2.05) is 0 Å². The minimum atomic E-state index is -0.982. The zero-order chi connectivity index (χ0) is 18.4. The molecule has 25 heavy (non-hydrogen) atoms. The first-order valence-corrected chi connectivity index (χ1v) is 7.28. The lowest BCUT2D eigenvalue weighted by Crippen LogP contribution is -2.43. The molecule has 0 unspecified atom stereocenters. The molecule has 0 heterocycles. The number of rotatable bonds is 6. The first kappa shape index (κ1) is 18.1. The highest BCUT2D eigenvalue weighted by molar-refractivity contribution is 5.96. The molecule has 1 atom stereocenters. The number of amides is 1. The van der Waals surface area contributed by atoms with Crippen molar-refractivity contribution in [2.45, 2.75) is 12.5 Å². The second kappa shape index (κ2) is 8.00. The van der Waals surface area contributed by atoms with Gasteiger partial charge < -0.3 is 10.1 Å². The number of methoxy groups -OCH3 is 1. The Morgan fingerprint density at radius 1 is 1.16 bits per heavy atom.